The minimum absolute atomic E-state index is 0.183. The van der Waals surface area contributed by atoms with E-state index in [2.05, 4.69) is 10.6 Å². The van der Waals surface area contributed by atoms with Crippen LogP contribution in [0.25, 0.3) is 11.1 Å². The lowest BCUT2D eigenvalue weighted by molar-refractivity contribution is -0.142. The smallest absolute Gasteiger partial charge is 0.419 e. The molecule has 2 amide bonds. The van der Waals surface area contributed by atoms with Gasteiger partial charge in [0.1, 0.15) is 0 Å². The van der Waals surface area contributed by atoms with Gasteiger partial charge in [0.15, 0.2) is 5.58 Å². The van der Waals surface area contributed by atoms with Crippen LogP contribution in [0.4, 0.5) is 16.2 Å². The fourth-order valence-corrected chi connectivity index (χ4v) is 2.59. The molecule has 8 nitrogen and oxygen atoms in total. The summed E-state index contributed by atoms with van der Waals surface area (Å²) in [7, 11) is 1.61. The predicted molar refractivity (Wildman–Crippen MR) is 101 cm³/mol. The number of rotatable bonds is 5. The van der Waals surface area contributed by atoms with Crippen molar-refractivity contribution >= 4 is 34.5 Å². The van der Waals surface area contributed by atoms with Gasteiger partial charge in [-0.2, -0.15) is 0 Å². The van der Waals surface area contributed by atoms with E-state index in [-0.39, 0.29) is 12.4 Å². The monoisotopic (exact) mass is 369 g/mol. The Morgan fingerprint density at radius 2 is 1.74 bits per heavy atom. The van der Waals surface area contributed by atoms with Gasteiger partial charge in [-0.1, -0.05) is 12.1 Å². The number of carbonyl (C=O) groups is 2. The zero-order valence-electron chi connectivity index (χ0n) is 14.9. The number of benzene rings is 2. The molecule has 0 aliphatic carbocycles. The first-order chi connectivity index (χ1) is 13.0. The minimum Gasteiger partial charge on any atom is -0.466 e. The molecule has 8 heteroatoms. The maximum absolute atomic E-state index is 12.1. The van der Waals surface area contributed by atoms with E-state index in [1.807, 2.05) is 0 Å². The topological polar surface area (TPSA) is 103 Å². The normalized spacial score (nSPS) is 10.6. The van der Waals surface area contributed by atoms with Crippen molar-refractivity contribution in [3.8, 4) is 0 Å². The Labute approximate surface area is 154 Å². The summed E-state index contributed by atoms with van der Waals surface area (Å²) < 4.78 is 11.4. The summed E-state index contributed by atoms with van der Waals surface area (Å²) in [5.41, 5.74) is 2.90. The van der Waals surface area contributed by atoms with Crippen LogP contribution in [0.5, 0.6) is 0 Å². The van der Waals surface area contributed by atoms with E-state index in [9.17, 15) is 14.4 Å². The summed E-state index contributed by atoms with van der Waals surface area (Å²) in [6.07, 6.45) is 0.183. The first kappa shape index (κ1) is 18.2. The summed E-state index contributed by atoms with van der Waals surface area (Å²) in [6.45, 7) is 2.10. The molecule has 0 saturated heterocycles. The van der Waals surface area contributed by atoms with Gasteiger partial charge in [0.05, 0.1) is 18.5 Å². The largest absolute Gasteiger partial charge is 0.466 e. The molecule has 0 fully saturated rings. The molecular weight excluding hydrogens is 350 g/mol. The maximum atomic E-state index is 12.1. The standard InChI is InChI=1S/C19H19N3O5/c1-3-26-17(23)10-12-4-6-13(7-5-12)20-18(24)21-14-8-9-15-16(11-14)27-19(25)22(15)2/h4-9,11H,3,10H2,1-2H3,(H2,20,21,24). The second kappa shape index (κ2) is 7.77. The summed E-state index contributed by atoms with van der Waals surface area (Å²) in [6, 6.07) is 11.4. The fourth-order valence-electron chi connectivity index (χ4n) is 2.59. The number of fused-ring (bicyclic) bond motifs is 1. The molecule has 3 rings (SSSR count). The molecule has 2 N–H and O–H groups in total. The van der Waals surface area contributed by atoms with Gasteiger partial charge in [0.25, 0.3) is 0 Å². The van der Waals surface area contributed by atoms with Gasteiger partial charge < -0.3 is 19.8 Å². The van der Waals surface area contributed by atoms with Gasteiger partial charge in [0.2, 0.25) is 0 Å². The third-order valence-electron chi connectivity index (χ3n) is 3.92. The summed E-state index contributed by atoms with van der Waals surface area (Å²) >= 11 is 0. The number of urea groups is 1. The Hall–Kier alpha value is -3.55. The van der Waals surface area contributed by atoms with E-state index in [0.717, 1.165) is 5.56 Å². The molecule has 3 aromatic rings. The van der Waals surface area contributed by atoms with E-state index in [1.165, 1.54) is 4.57 Å². The fraction of sp³-hybridized carbons (Fsp3) is 0.211. The van der Waals surface area contributed by atoms with Crippen molar-refractivity contribution in [2.24, 2.45) is 7.05 Å². The third-order valence-corrected chi connectivity index (χ3v) is 3.92. The van der Waals surface area contributed by atoms with E-state index in [1.54, 1.807) is 56.4 Å². The molecule has 1 heterocycles. The second-order valence-corrected chi connectivity index (χ2v) is 5.87. The molecule has 27 heavy (non-hydrogen) atoms. The van der Waals surface area contributed by atoms with Crippen LogP contribution in [-0.4, -0.2) is 23.2 Å². The highest BCUT2D eigenvalue weighted by Gasteiger charge is 2.09. The van der Waals surface area contributed by atoms with Crippen LogP contribution in [0.3, 0.4) is 0 Å². The van der Waals surface area contributed by atoms with Crippen molar-refractivity contribution in [1.82, 2.24) is 4.57 Å². The third kappa shape index (κ3) is 4.35. The highest BCUT2D eigenvalue weighted by Crippen LogP contribution is 2.18. The number of hydrogen-bond acceptors (Lipinski definition) is 5. The van der Waals surface area contributed by atoms with Crippen molar-refractivity contribution in [3.05, 3.63) is 58.6 Å². The molecule has 0 unspecified atom stereocenters. The molecule has 0 atom stereocenters. The van der Waals surface area contributed by atoms with Crippen molar-refractivity contribution in [2.75, 3.05) is 17.2 Å². The van der Waals surface area contributed by atoms with Gasteiger partial charge in [-0.25, -0.2) is 9.59 Å². The Balaban J connectivity index is 1.62. The van der Waals surface area contributed by atoms with Crippen LogP contribution in [0, 0.1) is 0 Å². The van der Waals surface area contributed by atoms with Crippen LogP contribution in [-0.2, 0) is 23.0 Å². The van der Waals surface area contributed by atoms with E-state index in [4.69, 9.17) is 9.15 Å². The van der Waals surface area contributed by atoms with Gasteiger partial charge in [-0.3, -0.25) is 9.36 Å². The van der Waals surface area contributed by atoms with Crippen LogP contribution >= 0.6 is 0 Å². The number of aromatic nitrogens is 1. The van der Waals surface area contributed by atoms with Crippen molar-refractivity contribution in [1.29, 1.82) is 0 Å². The highest BCUT2D eigenvalue weighted by molar-refractivity contribution is 6.00. The molecular formula is C19H19N3O5. The number of aryl methyl sites for hydroxylation is 1. The number of hydrogen-bond donors (Lipinski definition) is 2. The van der Waals surface area contributed by atoms with Crippen molar-refractivity contribution in [2.45, 2.75) is 13.3 Å². The van der Waals surface area contributed by atoms with Crippen LogP contribution in [0.15, 0.2) is 51.7 Å². The summed E-state index contributed by atoms with van der Waals surface area (Å²) in [5, 5.41) is 5.38. The Bertz CT molecular complexity index is 1030. The van der Waals surface area contributed by atoms with Gasteiger partial charge in [-0.15, -0.1) is 0 Å². The predicted octanol–water partition coefficient (Wildman–Crippen LogP) is 2.88. The summed E-state index contributed by atoms with van der Waals surface area (Å²) in [5.74, 6) is -0.756. The Kier molecular flexibility index (Phi) is 5.25. The van der Waals surface area contributed by atoms with E-state index in [0.29, 0.717) is 29.1 Å². The lowest BCUT2D eigenvalue weighted by Gasteiger charge is -2.08. The molecule has 1 aromatic heterocycles. The highest BCUT2D eigenvalue weighted by atomic mass is 16.5. The van der Waals surface area contributed by atoms with Crippen LogP contribution in [0.1, 0.15) is 12.5 Å². The minimum atomic E-state index is -0.463. The average molecular weight is 369 g/mol. The maximum Gasteiger partial charge on any atom is 0.419 e. The number of nitrogens with one attached hydrogen (secondary N) is 2. The van der Waals surface area contributed by atoms with Crippen LogP contribution in [0.2, 0.25) is 0 Å². The number of oxazole rings is 1. The lowest BCUT2D eigenvalue weighted by atomic mass is 10.1. The zero-order valence-corrected chi connectivity index (χ0v) is 14.9. The molecule has 2 aromatic carbocycles. The van der Waals surface area contributed by atoms with Crippen molar-refractivity contribution in [3.63, 3.8) is 0 Å². The van der Waals surface area contributed by atoms with Gasteiger partial charge in [-0.05, 0) is 36.8 Å². The first-order valence-corrected chi connectivity index (χ1v) is 8.38. The number of carbonyl (C=O) groups excluding carboxylic acids is 2. The average Bonchev–Trinajstić information content (AvgIpc) is 2.90. The number of nitrogens with zero attached hydrogens (tertiary/aromatic N) is 1. The number of ether oxygens (including phenoxy) is 1. The molecule has 0 aliphatic rings. The number of amides is 2. The SMILES string of the molecule is CCOC(=O)Cc1ccc(NC(=O)Nc2ccc3c(c2)oc(=O)n3C)cc1. The molecule has 0 radical (unpaired) electrons. The van der Waals surface area contributed by atoms with E-state index < -0.39 is 11.8 Å². The molecule has 0 spiro atoms. The van der Waals surface area contributed by atoms with E-state index >= 15 is 0 Å². The first-order valence-electron chi connectivity index (χ1n) is 8.38. The quantitative estimate of drug-likeness (QED) is 0.673. The number of esters is 1. The molecule has 140 valence electrons. The number of anilines is 2. The molecule has 0 bridgehead atoms. The van der Waals surface area contributed by atoms with Crippen molar-refractivity contribution < 1.29 is 18.7 Å². The zero-order chi connectivity index (χ0) is 19.4. The second-order valence-electron chi connectivity index (χ2n) is 5.87. The lowest BCUT2D eigenvalue weighted by Crippen LogP contribution is -2.19. The van der Waals surface area contributed by atoms with Crippen LogP contribution < -0.4 is 16.4 Å². The molecule has 0 saturated carbocycles. The van der Waals surface area contributed by atoms with Gasteiger partial charge in [0, 0.05) is 24.5 Å². The molecule has 0 aliphatic heterocycles. The Morgan fingerprint density at radius 1 is 1.07 bits per heavy atom. The Morgan fingerprint density at radius 3 is 2.44 bits per heavy atom. The van der Waals surface area contributed by atoms with Gasteiger partial charge >= 0.3 is 17.8 Å². The summed E-state index contributed by atoms with van der Waals surface area (Å²) in [4.78, 5) is 35.1.